The lowest BCUT2D eigenvalue weighted by Gasteiger charge is -2.24. The highest BCUT2D eigenvalue weighted by atomic mass is 32.2. The van der Waals surface area contributed by atoms with E-state index in [9.17, 15) is 0 Å². The molecule has 0 N–H and O–H groups in total. The Morgan fingerprint density at radius 1 is 1.31 bits per heavy atom. The molecule has 3 unspecified atom stereocenters. The lowest BCUT2D eigenvalue weighted by atomic mass is 10.1. The standard InChI is InChI=1S/C12H24S/c1-5-11(9(2)3)13-12-8-6-7-10(12)4/h9-12H,5-8H2,1-4H3. The summed E-state index contributed by atoms with van der Waals surface area (Å²) in [6, 6.07) is 0. The lowest BCUT2D eigenvalue weighted by molar-refractivity contribution is 0.577. The summed E-state index contributed by atoms with van der Waals surface area (Å²) < 4.78 is 0. The van der Waals surface area contributed by atoms with E-state index in [1.807, 2.05) is 0 Å². The molecular formula is C12H24S. The van der Waals surface area contributed by atoms with E-state index in [0.29, 0.717) is 0 Å². The zero-order valence-corrected chi connectivity index (χ0v) is 10.4. The van der Waals surface area contributed by atoms with E-state index in [-0.39, 0.29) is 0 Å². The van der Waals surface area contributed by atoms with Crippen molar-refractivity contribution in [1.29, 1.82) is 0 Å². The molecule has 13 heavy (non-hydrogen) atoms. The van der Waals surface area contributed by atoms with Gasteiger partial charge in [0.25, 0.3) is 0 Å². The van der Waals surface area contributed by atoms with Crippen molar-refractivity contribution >= 4 is 11.8 Å². The first-order valence-corrected chi connectivity index (χ1v) is 6.74. The van der Waals surface area contributed by atoms with Crippen molar-refractivity contribution in [2.24, 2.45) is 11.8 Å². The molecule has 1 aliphatic rings. The first kappa shape index (κ1) is 11.4. The normalized spacial score (nSPS) is 31.2. The zero-order chi connectivity index (χ0) is 9.84. The predicted octanol–water partition coefficient (Wildman–Crippen LogP) is 4.34. The van der Waals surface area contributed by atoms with Crippen LogP contribution in [0.2, 0.25) is 0 Å². The molecule has 0 heterocycles. The molecule has 0 aromatic carbocycles. The minimum Gasteiger partial charge on any atom is -0.155 e. The van der Waals surface area contributed by atoms with Gasteiger partial charge in [-0.1, -0.05) is 34.1 Å². The van der Waals surface area contributed by atoms with Crippen molar-refractivity contribution in [3.05, 3.63) is 0 Å². The molecule has 3 atom stereocenters. The summed E-state index contributed by atoms with van der Waals surface area (Å²) in [5.74, 6) is 1.82. The Balaban J connectivity index is 2.36. The molecule has 0 amide bonds. The molecule has 0 radical (unpaired) electrons. The van der Waals surface area contributed by atoms with Crippen molar-refractivity contribution in [3.8, 4) is 0 Å². The SMILES string of the molecule is CCC(SC1CCCC1C)C(C)C. The molecule has 0 aliphatic heterocycles. The minimum atomic E-state index is 0.850. The molecule has 1 heteroatoms. The fraction of sp³-hybridized carbons (Fsp3) is 1.00. The highest BCUT2D eigenvalue weighted by Crippen LogP contribution is 2.39. The van der Waals surface area contributed by atoms with Gasteiger partial charge in [-0.3, -0.25) is 0 Å². The van der Waals surface area contributed by atoms with Crippen molar-refractivity contribution in [2.75, 3.05) is 0 Å². The van der Waals surface area contributed by atoms with Crippen molar-refractivity contribution in [3.63, 3.8) is 0 Å². The van der Waals surface area contributed by atoms with Gasteiger partial charge in [-0.05, 0) is 31.1 Å². The minimum absolute atomic E-state index is 0.850. The van der Waals surface area contributed by atoms with Gasteiger partial charge in [0.2, 0.25) is 0 Å². The highest BCUT2D eigenvalue weighted by molar-refractivity contribution is 8.00. The number of thioether (sulfide) groups is 1. The Hall–Kier alpha value is 0.350. The number of rotatable bonds is 4. The van der Waals surface area contributed by atoms with Crippen LogP contribution < -0.4 is 0 Å². The Kier molecular flexibility index (Phi) is 4.64. The zero-order valence-electron chi connectivity index (χ0n) is 9.55. The monoisotopic (exact) mass is 200 g/mol. The molecule has 1 fully saturated rings. The summed E-state index contributed by atoms with van der Waals surface area (Å²) in [6.07, 6.45) is 5.74. The maximum Gasteiger partial charge on any atom is 0.00755 e. The van der Waals surface area contributed by atoms with Crippen LogP contribution in [-0.4, -0.2) is 10.5 Å². The van der Waals surface area contributed by atoms with Crippen molar-refractivity contribution < 1.29 is 0 Å². The summed E-state index contributed by atoms with van der Waals surface area (Å²) in [6.45, 7) is 9.48. The average Bonchev–Trinajstić information content (AvgIpc) is 2.46. The smallest absolute Gasteiger partial charge is 0.00755 e. The first-order chi connectivity index (χ1) is 6.15. The fourth-order valence-corrected chi connectivity index (χ4v) is 3.93. The van der Waals surface area contributed by atoms with E-state index in [2.05, 4.69) is 39.5 Å². The summed E-state index contributed by atoms with van der Waals surface area (Å²) in [4.78, 5) is 0. The van der Waals surface area contributed by atoms with Crippen LogP contribution in [0.15, 0.2) is 0 Å². The Morgan fingerprint density at radius 3 is 2.38 bits per heavy atom. The second-order valence-corrected chi connectivity index (χ2v) is 6.26. The van der Waals surface area contributed by atoms with Crippen LogP contribution >= 0.6 is 11.8 Å². The summed E-state index contributed by atoms with van der Waals surface area (Å²) >= 11 is 2.27. The van der Waals surface area contributed by atoms with Crippen LogP contribution in [0.4, 0.5) is 0 Å². The topological polar surface area (TPSA) is 0 Å². The van der Waals surface area contributed by atoms with Crippen LogP contribution in [0.25, 0.3) is 0 Å². The summed E-state index contributed by atoms with van der Waals surface area (Å²) in [5.41, 5.74) is 0. The summed E-state index contributed by atoms with van der Waals surface area (Å²) in [5, 5.41) is 1.86. The van der Waals surface area contributed by atoms with E-state index in [1.165, 1.54) is 25.7 Å². The first-order valence-electron chi connectivity index (χ1n) is 5.80. The largest absolute Gasteiger partial charge is 0.155 e. The Morgan fingerprint density at radius 2 is 2.00 bits per heavy atom. The van der Waals surface area contributed by atoms with Gasteiger partial charge in [0.15, 0.2) is 0 Å². The Bertz CT molecular complexity index is 142. The quantitative estimate of drug-likeness (QED) is 0.650. The van der Waals surface area contributed by atoms with Gasteiger partial charge in [-0.25, -0.2) is 0 Å². The van der Waals surface area contributed by atoms with Gasteiger partial charge >= 0.3 is 0 Å². The molecule has 1 rings (SSSR count). The molecule has 0 saturated heterocycles. The van der Waals surface area contributed by atoms with Gasteiger partial charge in [0.1, 0.15) is 0 Å². The summed E-state index contributed by atoms with van der Waals surface area (Å²) in [7, 11) is 0. The van der Waals surface area contributed by atoms with Crippen molar-refractivity contribution in [1.82, 2.24) is 0 Å². The van der Waals surface area contributed by atoms with Gasteiger partial charge < -0.3 is 0 Å². The third-order valence-corrected chi connectivity index (χ3v) is 5.56. The van der Waals surface area contributed by atoms with Crippen LogP contribution in [0, 0.1) is 11.8 Å². The molecule has 1 saturated carbocycles. The molecule has 0 nitrogen and oxygen atoms in total. The van der Waals surface area contributed by atoms with Crippen molar-refractivity contribution in [2.45, 2.75) is 63.9 Å². The van der Waals surface area contributed by atoms with Crippen LogP contribution in [0.3, 0.4) is 0 Å². The van der Waals surface area contributed by atoms with E-state index in [0.717, 1.165) is 22.3 Å². The fourth-order valence-electron chi connectivity index (χ4n) is 2.26. The lowest BCUT2D eigenvalue weighted by Crippen LogP contribution is -2.17. The van der Waals surface area contributed by atoms with E-state index >= 15 is 0 Å². The Labute approximate surface area is 87.9 Å². The number of hydrogen-bond donors (Lipinski definition) is 0. The average molecular weight is 200 g/mol. The van der Waals surface area contributed by atoms with Gasteiger partial charge in [0, 0.05) is 10.5 Å². The van der Waals surface area contributed by atoms with Gasteiger partial charge in [0.05, 0.1) is 0 Å². The molecule has 78 valence electrons. The van der Waals surface area contributed by atoms with Crippen LogP contribution in [0.1, 0.15) is 53.4 Å². The third kappa shape index (κ3) is 3.19. The maximum absolute atomic E-state index is 2.43. The molecule has 1 aliphatic carbocycles. The molecule has 0 aromatic rings. The van der Waals surface area contributed by atoms with E-state index < -0.39 is 0 Å². The third-order valence-electron chi connectivity index (χ3n) is 3.28. The second kappa shape index (κ2) is 5.29. The number of hydrogen-bond acceptors (Lipinski definition) is 1. The van der Waals surface area contributed by atoms with E-state index in [4.69, 9.17) is 0 Å². The maximum atomic E-state index is 2.43. The van der Waals surface area contributed by atoms with Crippen LogP contribution in [-0.2, 0) is 0 Å². The molecule has 0 spiro atoms. The molecule has 0 aromatic heterocycles. The van der Waals surface area contributed by atoms with Crippen LogP contribution in [0.5, 0.6) is 0 Å². The predicted molar refractivity (Wildman–Crippen MR) is 63.3 cm³/mol. The molecule has 0 bridgehead atoms. The van der Waals surface area contributed by atoms with Gasteiger partial charge in [-0.2, -0.15) is 11.8 Å². The van der Waals surface area contributed by atoms with E-state index in [1.54, 1.807) is 0 Å². The second-order valence-electron chi connectivity index (χ2n) is 4.77. The molecular weight excluding hydrogens is 176 g/mol. The highest BCUT2D eigenvalue weighted by Gasteiger charge is 2.27. The van der Waals surface area contributed by atoms with Gasteiger partial charge in [-0.15, -0.1) is 0 Å².